The number of ether oxygens (including phenoxy) is 1. The van der Waals surface area contributed by atoms with Gasteiger partial charge in [0, 0.05) is 12.8 Å². The van der Waals surface area contributed by atoms with Crippen molar-refractivity contribution in [1.29, 1.82) is 0 Å². The lowest BCUT2D eigenvalue weighted by Gasteiger charge is -2.34. The van der Waals surface area contributed by atoms with E-state index in [9.17, 15) is 4.79 Å². The molecule has 0 saturated carbocycles. The van der Waals surface area contributed by atoms with Gasteiger partial charge in [0.15, 0.2) is 5.78 Å². The first-order valence-electron chi connectivity index (χ1n) is 6.47. The Bertz CT molecular complexity index is 440. The Balaban J connectivity index is 1.95. The fourth-order valence-electron chi connectivity index (χ4n) is 3.24. The molecule has 0 heterocycles. The number of fused-ring (bicyclic) bond motifs is 2. The molecular formula is C15H18O2. The molecule has 0 aliphatic heterocycles. The number of ketones is 1. The molecule has 2 nitrogen and oxygen atoms in total. The molecule has 17 heavy (non-hydrogen) atoms. The van der Waals surface area contributed by atoms with Crippen LogP contribution in [0.25, 0.3) is 0 Å². The van der Waals surface area contributed by atoms with Gasteiger partial charge in [0.1, 0.15) is 0 Å². The minimum Gasteiger partial charge on any atom is -0.501 e. The van der Waals surface area contributed by atoms with Crippen molar-refractivity contribution in [3.8, 4) is 0 Å². The quantitative estimate of drug-likeness (QED) is 0.691. The van der Waals surface area contributed by atoms with Gasteiger partial charge in [-0.3, -0.25) is 4.79 Å². The maximum absolute atomic E-state index is 11.5. The lowest BCUT2D eigenvalue weighted by atomic mass is 9.70. The van der Waals surface area contributed by atoms with Gasteiger partial charge in [0.25, 0.3) is 0 Å². The molecule has 3 aliphatic carbocycles. The third-order valence-electron chi connectivity index (χ3n) is 4.24. The van der Waals surface area contributed by atoms with Crippen molar-refractivity contribution in [3.05, 3.63) is 35.1 Å². The Morgan fingerprint density at radius 1 is 1.06 bits per heavy atom. The molecule has 0 bridgehead atoms. The number of carbonyl (C=O) groups is 1. The number of carbonyl (C=O) groups excluding carboxylic acids is 1. The van der Waals surface area contributed by atoms with E-state index >= 15 is 0 Å². The van der Waals surface area contributed by atoms with E-state index in [1.807, 2.05) is 6.08 Å². The standard InChI is InChI=1S/C15H18O2/c1-17-15-5-3-11-6-10-2-4-14(16)8-12(10)7-13(11)9-15/h7-11H,2-6H2,1H3. The molecule has 2 unspecified atom stereocenters. The number of hydrogen-bond acceptors (Lipinski definition) is 2. The zero-order valence-electron chi connectivity index (χ0n) is 10.2. The lowest BCUT2D eigenvalue weighted by molar-refractivity contribution is -0.115. The summed E-state index contributed by atoms with van der Waals surface area (Å²) in [4.78, 5) is 11.5. The summed E-state index contributed by atoms with van der Waals surface area (Å²) in [5.41, 5.74) is 2.62. The molecule has 0 aromatic carbocycles. The van der Waals surface area contributed by atoms with E-state index in [-0.39, 0.29) is 0 Å². The van der Waals surface area contributed by atoms with Gasteiger partial charge in [0.2, 0.25) is 0 Å². The van der Waals surface area contributed by atoms with Crippen LogP contribution in [0.3, 0.4) is 0 Å². The third-order valence-corrected chi connectivity index (χ3v) is 4.24. The van der Waals surface area contributed by atoms with Crippen LogP contribution in [0.1, 0.15) is 32.1 Å². The van der Waals surface area contributed by atoms with E-state index in [1.165, 1.54) is 24.0 Å². The minimum absolute atomic E-state index is 0.290. The van der Waals surface area contributed by atoms with Crippen molar-refractivity contribution >= 4 is 5.78 Å². The molecule has 0 saturated heterocycles. The zero-order chi connectivity index (χ0) is 11.8. The summed E-state index contributed by atoms with van der Waals surface area (Å²) in [5, 5.41) is 0. The van der Waals surface area contributed by atoms with Crippen LogP contribution in [0.2, 0.25) is 0 Å². The highest BCUT2D eigenvalue weighted by Crippen LogP contribution is 2.42. The van der Waals surface area contributed by atoms with Crippen molar-refractivity contribution in [2.45, 2.75) is 32.1 Å². The molecule has 2 heteroatoms. The SMILES string of the molecule is COC1=CC2=CC3=CC(=O)CCC3CC2CC1. The van der Waals surface area contributed by atoms with E-state index in [4.69, 9.17) is 4.74 Å². The first-order valence-corrected chi connectivity index (χ1v) is 6.47. The second-order valence-corrected chi connectivity index (χ2v) is 5.28. The van der Waals surface area contributed by atoms with Crippen molar-refractivity contribution in [2.75, 3.05) is 7.11 Å². The van der Waals surface area contributed by atoms with Gasteiger partial charge < -0.3 is 4.74 Å². The zero-order valence-corrected chi connectivity index (χ0v) is 10.2. The number of hydrogen-bond donors (Lipinski definition) is 0. The molecule has 0 amide bonds. The van der Waals surface area contributed by atoms with Crippen LogP contribution in [0, 0.1) is 11.8 Å². The molecular weight excluding hydrogens is 212 g/mol. The van der Waals surface area contributed by atoms with Crippen molar-refractivity contribution in [3.63, 3.8) is 0 Å². The highest BCUT2D eigenvalue weighted by Gasteiger charge is 2.31. The lowest BCUT2D eigenvalue weighted by Crippen LogP contribution is -2.23. The van der Waals surface area contributed by atoms with E-state index in [0.717, 1.165) is 25.0 Å². The maximum atomic E-state index is 11.5. The molecule has 3 rings (SSSR count). The van der Waals surface area contributed by atoms with Crippen LogP contribution in [0.5, 0.6) is 0 Å². The van der Waals surface area contributed by atoms with E-state index < -0.39 is 0 Å². The highest BCUT2D eigenvalue weighted by molar-refractivity contribution is 5.92. The van der Waals surface area contributed by atoms with Crippen LogP contribution in [-0.2, 0) is 9.53 Å². The molecule has 0 radical (unpaired) electrons. The van der Waals surface area contributed by atoms with E-state index in [1.54, 1.807) is 7.11 Å². The van der Waals surface area contributed by atoms with Gasteiger partial charge in [-0.15, -0.1) is 0 Å². The highest BCUT2D eigenvalue weighted by atomic mass is 16.5. The van der Waals surface area contributed by atoms with Gasteiger partial charge in [-0.1, -0.05) is 6.08 Å². The van der Waals surface area contributed by atoms with Crippen LogP contribution < -0.4 is 0 Å². The van der Waals surface area contributed by atoms with Crippen molar-refractivity contribution in [1.82, 2.24) is 0 Å². The van der Waals surface area contributed by atoms with Gasteiger partial charge >= 0.3 is 0 Å². The summed E-state index contributed by atoms with van der Waals surface area (Å²) >= 11 is 0. The Kier molecular flexibility index (Phi) is 2.65. The molecule has 0 fully saturated rings. The van der Waals surface area contributed by atoms with Gasteiger partial charge in [-0.2, -0.15) is 0 Å². The predicted octanol–water partition coefficient (Wildman–Crippen LogP) is 3.16. The topological polar surface area (TPSA) is 26.3 Å². The summed E-state index contributed by atoms with van der Waals surface area (Å²) in [6, 6.07) is 0. The fourth-order valence-corrected chi connectivity index (χ4v) is 3.24. The number of allylic oxidation sites excluding steroid dienone is 6. The summed E-state index contributed by atoms with van der Waals surface area (Å²) < 4.78 is 5.33. The summed E-state index contributed by atoms with van der Waals surface area (Å²) in [6.45, 7) is 0. The average Bonchev–Trinajstić information content (AvgIpc) is 2.35. The van der Waals surface area contributed by atoms with Gasteiger partial charge in [-0.25, -0.2) is 0 Å². The molecule has 2 atom stereocenters. The monoisotopic (exact) mass is 230 g/mol. The summed E-state index contributed by atoms with van der Waals surface area (Å²) in [5.74, 6) is 2.68. The van der Waals surface area contributed by atoms with Crippen LogP contribution >= 0.6 is 0 Å². The predicted molar refractivity (Wildman–Crippen MR) is 66.3 cm³/mol. The molecule has 3 aliphatic rings. The molecule has 0 N–H and O–H groups in total. The molecule has 0 spiro atoms. The Morgan fingerprint density at radius 3 is 2.53 bits per heavy atom. The first kappa shape index (κ1) is 10.8. The number of methoxy groups -OCH3 is 1. The van der Waals surface area contributed by atoms with Crippen molar-refractivity contribution in [2.24, 2.45) is 11.8 Å². The van der Waals surface area contributed by atoms with E-state index in [2.05, 4.69) is 12.2 Å². The largest absolute Gasteiger partial charge is 0.501 e. The summed E-state index contributed by atoms with van der Waals surface area (Å²) in [7, 11) is 1.74. The molecule has 0 aromatic heterocycles. The average molecular weight is 230 g/mol. The second-order valence-electron chi connectivity index (χ2n) is 5.28. The fraction of sp³-hybridized carbons (Fsp3) is 0.533. The maximum Gasteiger partial charge on any atom is 0.155 e. The minimum atomic E-state index is 0.290. The van der Waals surface area contributed by atoms with Gasteiger partial charge in [-0.05, 0) is 54.4 Å². The Labute approximate surface area is 102 Å². The van der Waals surface area contributed by atoms with E-state index in [0.29, 0.717) is 17.6 Å². The van der Waals surface area contributed by atoms with Gasteiger partial charge in [0.05, 0.1) is 12.9 Å². The van der Waals surface area contributed by atoms with Crippen LogP contribution in [0.15, 0.2) is 35.1 Å². The Morgan fingerprint density at radius 2 is 1.76 bits per heavy atom. The van der Waals surface area contributed by atoms with Crippen LogP contribution in [0.4, 0.5) is 0 Å². The summed E-state index contributed by atoms with van der Waals surface area (Å²) in [6.07, 6.45) is 11.5. The van der Waals surface area contributed by atoms with Crippen LogP contribution in [-0.4, -0.2) is 12.9 Å². The number of rotatable bonds is 1. The van der Waals surface area contributed by atoms with Crippen molar-refractivity contribution < 1.29 is 9.53 Å². The Hall–Kier alpha value is -1.31. The smallest absolute Gasteiger partial charge is 0.155 e. The third kappa shape index (κ3) is 1.97. The normalized spacial score (nSPS) is 31.8. The second kappa shape index (κ2) is 4.17. The molecule has 90 valence electrons. The molecule has 0 aromatic rings. The first-order chi connectivity index (χ1) is 8.26.